The van der Waals surface area contributed by atoms with Crippen molar-refractivity contribution in [3.8, 4) is 0 Å². The summed E-state index contributed by atoms with van der Waals surface area (Å²) < 4.78 is 2.28. The summed E-state index contributed by atoms with van der Waals surface area (Å²) in [6.45, 7) is 9.36. The molecule has 0 spiro atoms. The summed E-state index contributed by atoms with van der Waals surface area (Å²) >= 11 is 1.90. The van der Waals surface area contributed by atoms with E-state index in [0.29, 0.717) is 11.1 Å². The van der Waals surface area contributed by atoms with Gasteiger partial charge in [0, 0.05) is 17.5 Å². The van der Waals surface area contributed by atoms with Crippen LogP contribution in [0.1, 0.15) is 30.4 Å². The number of fused-ring (bicyclic) bond motifs is 1. The fourth-order valence-electron chi connectivity index (χ4n) is 2.38. The number of hydrogen-bond acceptors (Lipinski definition) is 4. The van der Waals surface area contributed by atoms with Gasteiger partial charge >= 0.3 is 0 Å². The van der Waals surface area contributed by atoms with E-state index in [1.807, 2.05) is 18.7 Å². The number of rotatable bonds is 4. The maximum absolute atomic E-state index is 6.05. The molecule has 1 atom stereocenters. The van der Waals surface area contributed by atoms with Gasteiger partial charge in [0.2, 0.25) is 0 Å². The minimum absolute atomic E-state index is 0.597. The summed E-state index contributed by atoms with van der Waals surface area (Å²) in [6.07, 6.45) is 3.29. The van der Waals surface area contributed by atoms with Crippen molar-refractivity contribution in [1.82, 2.24) is 14.5 Å². The first-order valence-electron chi connectivity index (χ1n) is 6.58. The minimum Gasteiger partial charge on any atom is -0.383 e. The van der Waals surface area contributed by atoms with Crippen LogP contribution >= 0.6 is 11.8 Å². The Morgan fingerprint density at radius 3 is 2.58 bits per heavy atom. The molecule has 4 nitrogen and oxygen atoms in total. The highest BCUT2D eigenvalue weighted by Crippen LogP contribution is 2.28. The van der Waals surface area contributed by atoms with Gasteiger partial charge in [-0.15, -0.1) is 0 Å². The lowest BCUT2D eigenvalue weighted by atomic mass is 10.2. The van der Waals surface area contributed by atoms with E-state index in [4.69, 9.17) is 5.73 Å². The maximum atomic E-state index is 6.05. The van der Waals surface area contributed by atoms with E-state index in [1.54, 1.807) is 0 Å². The van der Waals surface area contributed by atoms with Gasteiger partial charge < -0.3 is 10.3 Å². The molecule has 0 aliphatic carbocycles. The molecule has 0 radical (unpaired) electrons. The molecular weight excluding hydrogens is 256 g/mol. The topological polar surface area (TPSA) is 56.7 Å². The van der Waals surface area contributed by atoms with Gasteiger partial charge in [0.15, 0.2) is 0 Å². The van der Waals surface area contributed by atoms with E-state index in [2.05, 4.69) is 41.6 Å². The zero-order chi connectivity index (χ0) is 14.2. The lowest BCUT2D eigenvalue weighted by molar-refractivity contribution is 0.640. The Balaban J connectivity index is 2.51. The van der Waals surface area contributed by atoms with Gasteiger partial charge in [-0.25, -0.2) is 9.97 Å². The number of anilines is 1. The Morgan fingerprint density at radius 1 is 1.26 bits per heavy atom. The van der Waals surface area contributed by atoms with Crippen LogP contribution in [0.25, 0.3) is 11.0 Å². The maximum Gasteiger partial charge on any atom is 0.146 e. The van der Waals surface area contributed by atoms with Gasteiger partial charge in [0.25, 0.3) is 0 Å². The summed E-state index contributed by atoms with van der Waals surface area (Å²) in [6, 6.07) is 0. The third-order valence-electron chi connectivity index (χ3n) is 3.77. The molecule has 1 unspecified atom stereocenters. The zero-order valence-corrected chi connectivity index (χ0v) is 13.1. The Kier molecular flexibility index (Phi) is 4.04. The van der Waals surface area contributed by atoms with Crippen molar-refractivity contribution < 1.29 is 0 Å². The first-order chi connectivity index (χ1) is 8.95. The molecule has 5 heteroatoms. The van der Waals surface area contributed by atoms with Gasteiger partial charge in [0.1, 0.15) is 17.3 Å². The quantitative estimate of drug-likeness (QED) is 0.933. The van der Waals surface area contributed by atoms with Crippen molar-refractivity contribution >= 4 is 28.6 Å². The summed E-state index contributed by atoms with van der Waals surface area (Å²) in [7, 11) is 0. The van der Waals surface area contributed by atoms with E-state index in [1.165, 1.54) is 11.3 Å². The van der Waals surface area contributed by atoms with Crippen LogP contribution in [0.15, 0.2) is 0 Å². The summed E-state index contributed by atoms with van der Waals surface area (Å²) in [5.41, 5.74) is 9.48. The molecule has 0 aliphatic heterocycles. The predicted molar refractivity (Wildman–Crippen MR) is 83.7 cm³/mol. The summed E-state index contributed by atoms with van der Waals surface area (Å²) in [5, 5.41) is 1.66. The van der Waals surface area contributed by atoms with Crippen LogP contribution in [-0.4, -0.2) is 26.0 Å². The first kappa shape index (κ1) is 14.2. The zero-order valence-electron chi connectivity index (χ0n) is 12.3. The smallest absolute Gasteiger partial charge is 0.146 e. The van der Waals surface area contributed by atoms with E-state index in [0.717, 1.165) is 29.8 Å². The molecule has 0 aliphatic rings. The highest BCUT2D eigenvalue weighted by Gasteiger charge is 2.16. The van der Waals surface area contributed by atoms with Crippen LogP contribution in [-0.2, 0) is 6.54 Å². The Bertz CT molecular complexity index is 603. The first-order valence-corrected chi connectivity index (χ1v) is 7.86. The van der Waals surface area contributed by atoms with Crippen LogP contribution in [0.2, 0.25) is 0 Å². The lowest BCUT2D eigenvalue weighted by Gasteiger charge is -2.11. The second-order valence-corrected chi connectivity index (χ2v) is 6.33. The normalized spacial score (nSPS) is 13.1. The van der Waals surface area contributed by atoms with Crippen molar-refractivity contribution in [2.24, 2.45) is 0 Å². The van der Waals surface area contributed by atoms with Gasteiger partial charge in [-0.1, -0.05) is 6.92 Å². The largest absolute Gasteiger partial charge is 0.383 e. The summed E-state index contributed by atoms with van der Waals surface area (Å²) in [5.74, 6) is 1.33. The van der Waals surface area contributed by atoms with Crippen molar-refractivity contribution in [1.29, 1.82) is 0 Å². The predicted octanol–water partition coefficient (Wildman–Crippen LogP) is 3.08. The van der Waals surface area contributed by atoms with Crippen LogP contribution in [0.5, 0.6) is 0 Å². The fraction of sp³-hybridized carbons (Fsp3) is 0.571. The molecule has 19 heavy (non-hydrogen) atoms. The molecule has 0 bridgehead atoms. The molecule has 0 aromatic carbocycles. The Labute approximate surface area is 118 Å². The Morgan fingerprint density at radius 2 is 1.95 bits per heavy atom. The molecule has 2 aromatic heterocycles. The van der Waals surface area contributed by atoms with E-state index in [-0.39, 0.29) is 0 Å². The second-order valence-electron chi connectivity index (χ2n) is 5.05. The molecule has 0 amide bonds. The molecule has 2 N–H and O–H groups in total. The van der Waals surface area contributed by atoms with Crippen LogP contribution in [0, 0.1) is 20.8 Å². The average Bonchev–Trinajstić information content (AvgIpc) is 2.59. The molecule has 0 fully saturated rings. The molecule has 104 valence electrons. The van der Waals surface area contributed by atoms with Crippen molar-refractivity contribution in [2.45, 2.75) is 45.9 Å². The number of nitrogens with zero attached hydrogens (tertiary/aromatic N) is 3. The molecule has 0 saturated carbocycles. The molecule has 0 saturated heterocycles. The molecule has 2 heterocycles. The van der Waals surface area contributed by atoms with Crippen LogP contribution in [0.4, 0.5) is 5.82 Å². The molecular formula is C14H22N4S. The third-order valence-corrected chi connectivity index (χ3v) is 4.81. The number of nitrogen functional groups attached to an aromatic ring is 1. The second kappa shape index (κ2) is 5.41. The highest BCUT2D eigenvalue weighted by molar-refractivity contribution is 7.99. The van der Waals surface area contributed by atoms with Gasteiger partial charge in [-0.3, -0.25) is 0 Å². The number of nitrogens with two attached hydrogens (primary N) is 1. The average molecular weight is 278 g/mol. The number of aromatic nitrogens is 3. The van der Waals surface area contributed by atoms with E-state index >= 15 is 0 Å². The van der Waals surface area contributed by atoms with Crippen molar-refractivity contribution in [3.05, 3.63) is 17.1 Å². The van der Waals surface area contributed by atoms with Crippen LogP contribution in [0.3, 0.4) is 0 Å². The van der Waals surface area contributed by atoms with Gasteiger partial charge in [-0.05, 0) is 39.0 Å². The monoisotopic (exact) mass is 278 g/mol. The molecule has 2 rings (SSSR count). The van der Waals surface area contributed by atoms with Crippen molar-refractivity contribution in [2.75, 3.05) is 12.0 Å². The van der Waals surface area contributed by atoms with Gasteiger partial charge in [-0.2, -0.15) is 11.8 Å². The summed E-state index contributed by atoms with van der Waals surface area (Å²) in [4.78, 5) is 8.86. The minimum atomic E-state index is 0.597. The van der Waals surface area contributed by atoms with Crippen molar-refractivity contribution in [3.63, 3.8) is 0 Å². The number of aryl methyl sites for hydroxylation is 3. The Hall–Kier alpha value is -1.23. The van der Waals surface area contributed by atoms with E-state index < -0.39 is 0 Å². The van der Waals surface area contributed by atoms with E-state index in [9.17, 15) is 0 Å². The fourth-order valence-corrected chi connectivity index (χ4v) is 2.72. The highest BCUT2D eigenvalue weighted by atomic mass is 32.2. The standard InChI is InChI=1S/C14H22N4S/c1-8(19-5)6-7-18-10(3)9(2)12-13(15)16-11(4)17-14(12)18/h8H,6-7H2,1-5H3,(H2,15,16,17). The number of thioether (sulfide) groups is 1. The third kappa shape index (κ3) is 2.56. The SMILES string of the molecule is CSC(C)CCn1c(C)c(C)c2c(N)nc(C)nc21. The van der Waals surface area contributed by atoms with Crippen LogP contribution < -0.4 is 5.73 Å². The number of hydrogen-bond donors (Lipinski definition) is 1. The van der Waals surface area contributed by atoms with Gasteiger partial charge in [0.05, 0.1) is 5.39 Å². The molecule has 2 aromatic rings. The lowest BCUT2D eigenvalue weighted by Crippen LogP contribution is -2.07.